The summed E-state index contributed by atoms with van der Waals surface area (Å²) < 4.78 is 43.2. The van der Waals surface area contributed by atoms with E-state index in [9.17, 15) is 22.4 Å². The van der Waals surface area contributed by atoms with E-state index in [0.717, 1.165) is 52.7 Å². The first-order valence-corrected chi connectivity index (χ1v) is 17.2. The molecule has 0 spiro atoms. The molecule has 1 aliphatic rings. The molecule has 0 heterocycles. The Balaban J connectivity index is 1.57. The van der Waals surface area contributed by atoms with E-state index in [0.29, 0.717) is 0 Å². The number of anilines is 1. The van der Waals surface area contributed by atoms with Crippen molar-refractivity contribution in [2.24, 2.45) is 0 Å². The number of carbonyl (C=O) groups excluding carboxylic acids is 2. The maximum atomic E-state index is 14.6. The number of nitrogens with one attached hydrogen (secondary N) is 1. The summed E-state index contributed by atoms with van der Waals surface area (Å²) in [6.45, 7) is 1.36. The van der Waals surface area contributed by atoms with Crippen LogP contribution in [-0.4, -0.2) is 43.8 Å². The molecule has 0 radical (unpaired) electrons. The normalized spacial score (nSPS) is 14.1. The number of sulfonamides is 1. The summed E-state index contributed by atoms with van der Waals surface area (Å²) in [5.41, 5.74) is 2.65. The fourth-order valence-electron chi connectivity index (χ4n) is 5.82. The zero-order chi connectivity index (χ0) is 32.7. The van der Waals surface area contributed by atoms with Gasteiger partial charge in [0, 0.05) is 19.0 Å². The Hall–Kier alpha value is -4.21. The molecule has 0 aliphatic heterocycles. The van der Waals surface area contributed by atoms with Gasteiger partial charge >= 0.3 is 0 Å². The van der Waals surface area contributed by atoms with Gasteiger partial charge in [-0.1, -0.05) is 103 Å². The van der Waals surface area contributed by atoms with Crippen molar-refractivity contribution in [2.45, 2.75) is 62.6 Å². The predicted octanol–water partition coefficient (Wildman–Crippen LogP) is 6.68. The average molecular weight is 662 g/mol. The predicted molar refractivity (Wildman–Crippen MR) is 178 cm³/mol. The van der Waals surface area contributed by atoms with Crippen LogP contribution in [0, 0.1) is 12.7 Å². The van der Waals surface area contributed by atoms with E-state index in [-0.39, 0.29) is 40.5 Å². The van der Waals surface area contributed by atoms with E-state index in [2.05, 4.69) is 5.32 Å². The number of amides is 2. The Kier molecular flexibility index (Phi) is 10.8. The largest absolute Gasteiger partial charge is 0.352 e. The zero-order valence-corrected chi connectivity index (χ0v) is 27.2. The van der Waals surface area contributed by atoms with E-state index in [1.165, 1.54) is 29.2 Å². The number of hydrogen-bond acceptors (Lipinski definition) is 4. The highest BCUT2D eigenvalue weighted by molar-refractivity contribution is 7.92. The fraction of sp³-hybridized carbons (Fsp3) is 0.278. The first-order valence-electron chi connectivity index (χ1n) is 15.3. The topological polar surface area (TPSA) is 86.8 Å². The van der Waals surface area contributed by atoms with Crippen molar-refractivity contribution < 1.29 is 22.4 Å². The number of halogens is 2. The first-order chi connectivity index (χ1) is 22.1. The van der Waals surface area contributed by atoms with Gasteiger partial charge in [-0.25, -0.2) is 12.8 Å². The molecule has 4 aromatic rings. The van der Waals surface area contributed by atoms with Gasteiger partial charge in [-0.15, -0.1) is 0 Å². The molecule has 1 fully saturated rings. The lowest BCUT2D eigenvalue weighted by Gasteiger charge is -2.34. The molecule has 1 aliphatic carbocycles. The summed E-state index contributed by atoms with van der Waals surface area (Å²) in [5.74, 6) is -1.61. The fourth-order valence-corrected chi connectivity index (χ4v) is 7.42. The molecule has 1 atom stereocenters. The van der Waals surface area contributed by atoms with Crippen LogP contribution in [0.3, 0.4) is 0 Å². The summed E-state index contributed by atoms with van der Waals surface area (Å²) in [4.78, 5) is 30.0. The number of benzene rings is 4. The lowest BCUT2D eigenvalue weighted by Crippen LogP contribution is -2.54. The summed E-state index contributed by atoms with van der Waals surface area (Å²) in [6.07, 6.45) is 4.00. The molecule has 0 saturated heterocycles. The van der Waals surface area contributed by atoms with Gasteiger partial charge in [-0.3, -0.25) is 13.9 Å². The smallest absolute Gasteiger partial charge is 0.264 e. The molecular weight excluding hydrogens is 625 g/mol. The highest BCUT2D eigenvalue weighted by Gasteiger charge is 2.35. The highest BCUT2D eigenvalue weighted by Crippen LogP contribution is 2.29. The maximum Gasteiger partial charge on any atom is 0.264 e. The van der Waals surface area contributed by atoms with E-state index in [4.69, 9.17) is 11.6 Å². The molecule has 4 aromatic carbocycles. The number of nitrogens with zero attached hydrogens (tertiary/aromatic N) is 2. The lowest BCUT2D eigenvalue weighted by molar-refractivity contribution is -0.140. The van der Waals surface area contributed by atoms with Crippen molar-refractivity contribution in [2.75, 3.05) is 10.8 Å². The average Bonchev–Trinajstić information content (AvgIpc) is 3.56. The van der Waals surface area contributed by atoms with Crippen LogP contribution in [0.25, 0.3) is 0 Å². The molecule has 1 saturated carbocycles. The number of aryl methyl sites for hydroxylation is 1. The molecule has 10 heteroatoms. The summed E-state index contributed by atoms with van der Waals surface area (Å²) in [6, 6.07) is 27.4. The second kappa shape index (κ2) is 14.9. The van der Waals surface area contributed by atoms with Crippen LogP contribution in [0.1, 0.15) is 42.4 Å². The van der Waals surface area contributed by atoms with Gasteiger partial charge in [0.05, 0.1) is 15.6 Å². The van der Waals surface area contributed by atoms with E-state index in [1.54, 1.807) is 18.2 Å². The standard InChI is InChI=1S/C36H37ClFN3O4S/c1-26-11-10-14-28(21-26)24-40(34(22-27-12-4-2-5-13-27)36(43)39-29-15-8-9-16-29)35(42)25-41(30-19-20-33(38)32(37)23-30)46(44,45)31-17-6-3-7-18-31/h2-7,10-14,17-21,23,29,34H,8-9,15-16,22,24-25H2,1H3,(H,39,43)/t34-/m1/s1. The molecule has 2 amide bonds. The molecule has 240 valence electrons. The van der Waals surface area contributed by atoms with E-state index < -0.39 is 34.3 Å². The molecule has 1 N–H and O–H groups in total. The molecule has 0 aromatic heterocycles. The van der Waals surface area contributed by atoms with Crippen LogP contribution < -0.4 is 9.62 Å². The molecule has 0 bridgehead atoms. The van der Waals surface area contributed by atoms with Gasteiger partial charge in [-0.2, -0.15) is 0 Å². The third kappa shape index (κ3) is 8.13. The Morgan fingerprint density at radius 1 is 0.891 bits per heavy atom. The van der Waals surface area contributed by atoms with Crippen LogP contribution >= 0.6 is 11.6 Å². The number of carbonyl (C=O) groups is 2. The summed E-state index contributed by atoms with van der Waals surface area (Å²) in [5, 5.41) is 2.88. The molecule has 46 heavy (non-hydrogen) atoms. The molecule has 0 unspecified atom stereocenters. The molecular formula is C36H37ClFN3O4S. The summed E-state index contributed by atoms with van der Waals surface area (Å²) in [7, 11) is -4.31. The quantitative estimate of drug-likeness (QED) is 0.184. The Bertz CT molecular complexity index is 1770. The second-order valence-corrected chi connectivity index (χ2v) is 13.9. The Morgan fingerprint density at radius 2 is 1.54 bits per heavy atom. The van der Waals surface area contributed by atoms with Crippen molar-refractivity contribution in [3.8, 4) is 0 Å². The van der Waals surface area contributed by atoms with Crippen LogP contribution in [0.15, 0.2) is 108 Å². The molecule has 5 rings (SSSR count). The Morgan fingerprint density at radius 3 is 2.20 bits per heavy atom. The maximum absolute atomic E-state index is 14.6. The van der Waals surface area contributed by atoms with Crippen molar-refractivity contribution >= 4 is 39.1 Å². The van der Waals surface area contributed by atoms with Gasteiger partial charge in [0.25, 0.3) is 10.0 Å². The third-order valence-electron chi connectivity index (χ3n) is 8.21. The minimum absolute atomic E-state index is 0.0120. The highest BCUT2D eigenvalue weighted by atomic mass is 35.5. The number of hydrogen-bond donors (Lipinski definition) is 1. The second-order valence-electron chi connectivity index (χ2n) is 11.6. The van der Waals surface area contributed by atoms with Crippen molar-refractivity contribution in [3.63, 3.8) is 0 Å². The number of rotatable bonds is 12. The third-order valence-corrected chi connectivity index (χ3v) is 10.3. The monoisotopic (exact) mass is 661 g/mol. The van der Waals surface area contributed by atoms with Gasteiger partial charge in [0.1, 0.15) is 18.4 Å². The van der Waals surface area contributed by atoms with Crippen LogP contribution in [-0.2, 0) is 32.6 Å². The lowest BCUT2D eigenvalue weighted by atomic mass is 10.0. The van der Waals surface area contributed by atoms with Crippen LogP contribution in [0.4, 0.5) is 10.1 Å². The van der Waals surface area contributed by atoms with Gasteiger partial charge < -0.3 is 10.2 Å². The van der Waals surface area contributed by atoms with Gasteiger partial charge in [-0.05, 0) is 61.2 Å². The van der Waals surface area contributed by atoms with Crippen molar-refractivity contribution in [1.29, 1.82) is 0 Å². The minimum Gasteiger partial charge on any atom is -0.352 e. The van der Waals surface area contributed by atoms with Crippen LogP contribution in [0.2, 0.25) is 5.02 Å². The van der Waals surface area contributed by atoms with Gasteiger partial charge in [0.15, 0.2) is 0 Å². The first kappa shape index (κ1) is 33.2. The van der Waals surface area contributed by atoms with Gasteiger partial charge in [0.2, 0.25) is 11.8 Å². The van der Waals surface area contributed by atoms with E-state index >= 15 is 0 Å². The van der Waals surface area contributed by atoms with Crippen LogP contribution in [0.5, 0.6) is 0 Å². The molecule has 7 nitrogen and oxygen atoms in total. The van der Waals surface area contributed by atoms with Crippen molar-refractivity contribution in [3.05, 3.63) is 131 Å². The summed E-state index contributed by atoms with van der Waals surface area (Å²) >= 11 is 6.09. The Labute approximate surface area is 275 Å². The minimum atomic E-state index is -4.31. The van der Waals surface area contributed by atoms with E-state index in [1.807, 2.05) is 61.5 Å². The van der Waals surface area contributed by atoms with Crippen molar-refractivity contribution in [1.82, 2.24) is 10.2 Å². The SMILES string of the molecule is Cc1cccc(CN(C(=O)CN(c2ccc(F)c(Cl)c2)S(=O)(=O)c2ccccc2)[C@H](Cc2ccccc2)C(=O)NC2CCCC2)c1. The zero-order valence-electron chi connectivity index (χ0n) is 25.6.